The molecule has 1 aliphatic rings. The van der Waals surface area contributed by atoms with Crippen LogP contribution in [0.3, 0.4) is 0 Å². The lowest BCUT2D eigenvalue weighted by Gasteiger charge is -2.18. The predicted molar refractivity (Wildman–Crippen MR) is 85.3 cm³/mol. The Morgan fingerprint density at radius 1 is 1.40 bits per heavy atom. The van der Waals surface area contributed by atoms with Crippen LogP contribution in [0.4, 0.5) is 0 Å². The Hall–Kier alpha value is -0.580. The first-order valence-corrected chi connectivity index (χ1v) is 8.34. The molecule has 1 heterocycles. The van der Waals surface area contributed by atoms with Gasteiger partial charge in [0.05, 0.1) is 13.2 Å². The lowest BCUT2D eigenvalue weighted by Crippen LogP contribution is -2.25. The highest BCUT2D eigenvalue weighted by atomic mass is 79.9. The molecule has 4 heteroatoms. The molecule has 2 rings (SSSR count). The van der Waals surface area contributed by atoms with Gasteiger partial charge < -0.3 is 14.8 Å². The van der Waals surface area contributed by atoms with E-state index in [1.165, 1.54) is 12.0 Å². The van der Waals surface area contributed by atoms with Crippen LogP contribution in [0, 0.1) is 0 Å². The second kappa shape index (κ2) is 8.65. The molecule has 0 aromatic heterocycles. The van der Waals surface area contributed by atoms with E-state index in [4.69, 9.17) is 9.47 Å². The fourth-order valence-electron chi connectivity index (χ4n) is 2.41. The van der Waals surface area contributed by atoms with Gasteiger partial charge in [0.2, 0.25) is 0 Å². The van der Waals surface area contributed by atoms with Crippen molar-refractivity contribution < 1.29 is 9.47 Å². The zero-order valence-corrected chi connectivity index (χ0v) is 13.7. The number of benzene rings is 1. The van der Waals surface area contributed by atoms with Gasteiger partial charge in [-0.15, -0.1) is 0 Å². The minimum atomic E-state index is 0.371. The molecule has 0 saturated carbocycles. The molecule has 0 spiro atoms. The molecule has 1 unspecified atom stereocenters. The van der Waals surface area contributed by atoms with Gasteiger partial charge in [0.1, 0.15) is 5.75 Å². The van der Waals surface area contributed by atoms with Gasteiger partial charge in [0.25, 0.3) is 0 Å². The summed E-state index contributed by atoms with van der Waals surface area (Å²) in [4.78, 5) is 0. The maximum atomic E-state index is 5.82. The third-order valence-corrected chi connectivity index (χ3v) is 4.02. The maximum absolute atomic E-state index is 5.82. The largest absolute Gasteiger partial charge is 0.493 e. The summed E-state index contributed by atoms with van der Waals surface area (Å²) in [7, 11) is 0. The van der Waals surface area contributed by atoms with Gasteiger partial charge in [-0.1, -0.05) is 35.3 Å². The van der Waals surface area contributed by atoms with Gasteiger partial charge in [-0.2, -0.15) is 0 Å². The van der Waals surface area contributed by atoms with Crippen molar-refractivity contribution in [2.24, 2.45) is 0 Å². The fourth-order valence-corrected chi connectivity index (χ4v) is 2.75. The molecule has 0 radical (unpaired) electrons. The van der Waals surface area contributed by atoms with Gasteiger partial charge in [-0.3, -0.25) is 0 Å². The third-order valence-electron chi connectivity index (χ3n) is 3.53. The summed E-state index contributed by atoms with van der Waals surface area (Å²) in [6.45, 7) is 5.53. The van der Waals surface area contributed by atoms with Crippen LogP contribution >= 0.6 is 15.9 Å². The van der Waals surface area contributed by atoms with Gasteiger partial charge >= 0.3 is 0 Å². The summed E-state index contributed by atoms with van der Waals surface area (Å²) in [5, 5.41) is 3.59. The van der Waals surface area contributed by atoms with Gasteiger partial charge in [-0.05, 0) is 31.4 Å². The normalized spacial score (nSPS) is 18.2. The van der Waals surface area contributed by atoms with Crippen molar-refractivity contribution in [1.29, 1.82) is 0 Å². The third kappa shape index (κ3) is 4.76. The van der Waals surface area contributed by atoms with Crippen molar-refractivity contribution in [3.05, 3.63) is 28.2 Å². The highest BCUT2D eigenvalue weighted by Crippen LogP contribution is 2.33. The lowest BCUT2D eigenvalue weighted by atomic mass is 10.0. The van der Waals surface area contributed by atoms with E-state index in [9.17, 15) is 0 Å². The van der Waals surface area contributed by atoms with Gasteiger partial charge in [-0.25, -0.2) is 0 Å². The summed E-state index contributed by atoms with van der Waals surface area (Å²) in [5.74, 6) is 1.00. The van der Waals surface area contributed by atoms with Crippen LogP contribution in [0.25, 0.3) is 0 Å². The Morgan fingerprint density at radius 2 is 2.30 bits per heavy atom. The van der Waals surface area contributed by atoms with Gasteiger partial charge in [0.15, 0.2) is 0 Å². The summed E-state index contributed by atoms with van der Waals surface area (Å²) < 4.78 is 12.5. The van der Waals surface area contributed by atoms with E-state index in [-0.39, 0.29) is 0 Å². The zero-order chi connectivity index (χ0) is 14.2. The number of rotatable bonds is 7. The van der Waals surface area contributed by atoms with E-state index in [2.05, 4.69) is 46.4 Å². The molecule has 1 atom stereocenters. The molecule has 0 aliphatic carbocycles. The standard InChI is InChI=1S/C16H24BrNO2/c1-2-3-9-19-11-8-18-15-5-4-10-20-16-12-13(17)6-7-14(15)16/h6-7,12,15,18H,2-5,8-11H2,1H3. The van der Waals surface area contributed by atoms with E-state index < -0.39 is 0 Å². The summed E-state index contributed by atoms with van der Waals surface area (Å²) in [6, 6.07) is 6.67. The van der Waals surface area contributed by atoms with Crippen LogP contribution in [-0.4, -0.2) is 26.4 Å². The molecular formula is C16H24BrNO2. The first-order valence-electron chi connectivity index (χ1n) is 7.54. The second-order valence-corrected chi connectivity index (χ2v) is 6.06. The van der Waals surface area contributed by atoms with Crippen molar-refractivity contribution in [3.8, 4) is 5.75 Å². The molecule has 1 aromatic carbocycles. The van der Waals surface area contributed by atoms with E-state index >= 15 is 0 Å². The monoisotopic (exact) mass is 341 g/mol. The SMILES string of the molecule is CCCCOCCNC1CCCOc2cc(Br)ccc21. The Labute approximate surface area is 130 Å². The van der Waals surface area contributed by atoms with E-state index in [1.54, 1.807) is 0 Å². The number of halogens is 1. The van der Waals surface area contributed by atoms with Crippen molar-refractivity contribution >= 4 is 15.9 Å². The van der Waals surface area contributed by atoms with E-state index in [1.807, 2.05) is 0 Å². The number of hydrogen-bond acceptors (Lipinski definition) is 3. The smallest absolute Gasteiger partial charge is 0.125 e. The van der Waals surface area contributed by atoms with E-state index in [0.29, 0.717) is 6.04 Å². The van der Waals surface area contributed by atoms with E-state index in [0.717, 1.165) is 55.9 Å². The summed E-state index contributed by atoms with van der Waals surface area (Å²) >= 11 is 3.50. The molecular weight excluding hydrogens is 318 g/mol. The lowest BCUT2D eigenvalue weighted by molar-refractivity contribution is 0.130. The van der Waals surface area contributed by atoms with Crippen molar-refractivity contribution in [2.45, 2.75) is 38.6 Å². The minimum absolute atomic E-state index is 0.371. The van der Waals surface area contributed by atoms with Crippen molar-refractivity contribution in [1.82, 2.24) is 5.32 Å². The molecule has 0 amide bonds. The van der Waals surface area contributed by atoms with Crippen molar-refractivity contribution in [3.63, 3.8) is 0 Å². The topological polar surface area (TPSA) is 30.5 Å². The number of nitrogens with one attached hydrogen (secondary N) is 1. The highest BCUT2D eigenvalue weighted by molar-refractivity contribution is 9.10. The number of unbranched alkanes of at least 4 members (excludes halogenated alkanes) is 1. The quantitative estimate of drug-likeness (QED) is 0.758. The predicted octanol–water partition coefficient (Wildman–Crippen LogP) is 4.07. The molecule has 0 bridgehead atoms. The average Bonchev–Trinajstić information content (AvgIpc) is 2.64. The molecule has 112 valence electrons. The molecule has 1 aromatic rings. The molecule has 3 nitrogen and oxygen atoms in total. The molecule has 1 aliphatic heterocycles. The minimum Gasteiger partial charge on any atom is -0.493 e. The maximum Gasteiger partial charge on any atom is 0.125 e. The molecule has 20 heavy (non-hydrogen) atoms. The zero-order valence-electron chi connectivity index (χ0n) is 12.2. The van der Waals surface area contributed by atoms with Gasteiger partial charge in [0, 0.05) is 29.2 Å². The van der Waals surface area contributed by atoms with Crippen molar-refractivity contribution in [2.75, 3.05) is 26.4 Å². The first kappa shape index (κ1) is 15.8. The number of ether oxygens (including phenoxy) is 2. The molecule has 0 saturated heterocycles. The van der Waals surface area contributed by atoms with Crippen LogP contribution in [0.15, 0.2) is 22.7 Å². The highest BCUT2D eigenvalue weighted by Gasteiger charge is 2.19. The number of fused-ring (bicyclic) bond motifs is 1. The van der Waals surface area contributed by atoms with Crippen LogP contribution in [-0.2, 0) is 4.74 Å². The Morgan fingerprint density at radius 3 is 3.15 bits per heavy atom. The first-order chi connectivity index (χ1) is 9.81. The summed E-state index contributed by atoms with van der Waals surface area (Å²) in [5.41, 5.74) is 1.26. The average molecular weight is 342 g/mol. The van der Waals surface area contributed by atoms with Crippen LogP contribution in [0.2, 0.25) is 0 Å². The fraction of sp³-hybridized carbons (Fsp3) is 0.625. The second-order valence-electron chi connectivity index (χ2n) is 5.15. The Bertz CT molecular complexity index is 411. The Balaban J connectivity index is 1.85. The van der Waals surface area contributed by atoms with Crippen LogP contribution < -0.4 is 10.1 Å². The number of hydrogen-bond donors (Lipinski definition) is 1. The Kier molecular flexibility index (Phi) is 6.83. The molecule has 0 fully saturated rings. The van der Waals surface area contributed by atoms with Crippen LogP contribution in [0.5, 0.6) is 5.75 Å². The summed E-state index contributed by atoms with van der Waals surface area (Å²) in [6.07, 6.45) is 4.54. The van der Waals surface area contributed by atoms with Crippen LogP contribution in [0.1, 0.15) is 44.2 Å². The molecule has 1 N–H and O–H groups in total.